The normalized spacial score (nSPS) is 17.0. The average molecular weight is 1270 g/mol. The Kier molecular flexibility index (Phi) is 19.3. The van der Waals surface area contributed by atoms with E-state index >= 15 is 0 Å². The molecule has 0 radical (unpaired) electrons. The SMILES string of the molecule is CC(C)(C)OC(=O)CC1CC2(C1)CN(c1ccc(N)cc1Cl)C2.CC(C)(C)OC(=O)NC1CC2(C1)CN(c1ccc(Nc3ncc(Cl)c(Nc4ccccc4P(C)(C)=O)n3)cc1Cl)C2.CP(C)(=O)c1ccccc1Nc1nc(Cl)ncc1Cl. The van der Waals surface area contributed by atoms with Crippen LogP contribution < -0.4 is 47.4 Å². The number of hydrogen-bond donors (Lipinski definition) is 5. The maximum atomic E-state index is 12.7. The number of carbonyl (C=O) groups excluding carboxylic acids is 2. The van der Waals surface area contributed by atoms with E-state index in [0.717, 1.165) is 79.5 Å². The van der Waals surface area contributed by atoms with Crippen LogP contribution in [0.1, 0.15) is 73.6 Å². The van der Waals surface area contributed by atoms with Gasteiger partial charge in [0, 0.05) is 71.5 Å². The van der Waals surface area contributed by atoms with Gasteiger partial charge < -0.3 is 55.4 Å². The maximum Gasteiger partial charge on any atom is 0.407 e. The second-order valence-electron chi connectivity index (χ2n) is 24.7. The third kappa shape index (κ3) is 16.9. The monoisotopic (exact) mass is 1270 g/mol. The van der Waals surface area contributed by atoms with E-state index in [1.165, 1.54) is 12.4 Å². The van der Waals surface area contributed by atoms with Crippen molar-refractivity contribution in [2.45, 2.75) is 90.9 Å². The van der Waals surface area contributed by atoms with Crippen molar-refractivity contribution in [2.75, 3.05) is 84.3 Å². The molecule has 6 N–H and O–H groups in total. The van der Waals surface area contributed by atoms with Crippen molar-refractivity contribution in [3.63, 3.8) is 0 Å². The Hall–Kier alpha value is -5.51. The third-order valence-corrected chi connectivity index (χ3v) is 18.7. The van der Waals surface area contributed by atoms with E-state index in [1.54, 1.807) is 32.7 Å². The molecule has 24 heteroatoms. The van der Waals surface area contributed by atoms with E-state index < -0.39 is 25.5 Å². The predicted molar refractivity (Wildman–Crippen MR) is 342 cm³/mol. The smallest absolute Gasteiger partial charge is 0.407 e. The molecule has 17 nitrogen and oxygen atoms in total. The van der Waals surface area contributed by atoms with Crippen molar-refractivity contribution in [3.8, 4) is 0 Å². The lowest BCUT2D eigenvalue weighted by Crippen LogP contribution is -2.66. The number of amides is 1. The number of hydrogen-bond acceptors (Lipinski definition) is 16. The highest BCUT2D eigenvalue weighted by atomic mass is 35.5. The Morgan fingerprint density at radius 3 is 1.61 bits per heavy atom. The molecule has 10 rings (SSSR count). The summed E-state index contributed by atoms with van der Waals surface area (Å²) in [5, 5.41) is 16.0. The summed E-state index contributed by atoms with van der Waals surface area (Å²) in [6, 6.07) is 26.3. The van der Waals surface area contributed by atoms with Crippen LogP contribution in [0.2, 0.25) is 25.4 Å². The van der Waals surface area contributed by atoms with E-state index in [4.69, 9.17) is 73.2 Å². The third-order valence-electron chi connectivity index (χ3n) is 14.3. The number of ether oxygens (including phenoxy) is 2. The molecule has 4 aliphatic rings. The van der Waals surface area contributed by atoms with Gasteiger partial charge >= 0.3 is 12.1 Å². The summed E-state index contributed by atoms with van der Waals surface area (Å²) in [6.45, 7) is 22.0. The number of aromatic nitrogens is 4. The zero-order valence-electron chi connectivity index (χ0n) is 48.3. The summed E-state index contributed by atoms with van der Waals surface area (Å²) >= 11 is 31.1. The van der Waals surface area contributed by atoms with Crippen molar-refractivity contribution in [1.82, 2.24) is 25.3 Å². The van der Waals surface area contributed by atoms with Crippen LogP contribution in [0.5, 0.6) is 0 Å². The van der Waals surface area contributed by atoms with Gasteiger partial charge in [0.25, 0.3) is 0 Å². The fourth-order valence-corrected chi connectivity index (χ4v) is 14.3. The lowest BCUT2D eigenvalue weighted by atomic mass is 9.57. The molecule has 2 aliphatic carbocycles. The van der Waals surface area contributed by atoms with Crippen molar-refractivity contribution in [1.29, 1.82) is 0 Å². The van der Waals surface area contributed by atoms with Gasteiger partial charge in [-0.15, -0.1) is 0 Å². The summed E-state index contributed by atoms with van der Waals surface area (Å²) in [4.78, 5) is 45.1. The Morgan fingerprint density at radius 2 is 1.11 bits per heavy atom. The summed E-state index contributed by atoms with van der Waals surface area (Å²) in [5.74, 6) is 1.53. The lowest BCUT2D eigenvalue weighted by Gasteiger charge is -2.60. The van der Waals surface area contributed by atoms with Crippen LogP contribution >= 0.6 is 72.3 Å². The van der Waals surface area contributed by atoms with Crippen molar-refractivity contribution in [2.24, 2.45) is 16.7 Å². The Morgan fingerprint density at radius 1 is 0.627 bits per heavy atom. The van der Waals surface area contributed by atoms with E-state index in [2.05, 4.69) is 51.0 Å². The molecule has 0 bridgehead atoms. The van der Waals surface area contributed by atoms with Gasteiger partial charge in [0.2, 0.25) is 11.2 Å². The zero-order chi connectivity index (χ0) is 60.5. The number of carbonyl (C=O) groups is 2. The van der Waals surface area contributed by atoms with Crippen LogP contribution in [0, 0.1) is 16.7 Å². The molecule has 83 heavy (non-hydrogen) atoms. The number of nitrogens with two attached hydrogens (primary N) is 1. The van der Waals surface area contributed by atoms with Gasteiger partial charge in [-0.25, -0.2) is 14.8 Å². The molecule has 2 saturated carbocycles. The van der Waals surface area contributed by atoms with Gasteiger partial charge in [0.15, 0.2) is 11.6 Å². The second-order valence-corrected chi connectivity index (χ2v) is 33.1. The number of halogens is 5. The van der Waals surface area contributed by atoms with Crippen LogP contribution in [-0.4, -0.2) is 102 Å². The molecule has 0 unspecified atom stereocenters. The standard InChI is InChI=1S/C29H35Cl2N6O3P.C18H25ClN2O2.C12H12Cl2N3OP/c1-28(2,3)40-27(38)34-19-13-29(14-19)16-37(17-29)23-11-10-18(12-20(23)30)33-26-32-15-21(31)25(36-26)35-22-8-6-7-9-24(22)41(4,5)39;1-17(2,3)23-16(22)6-12-8-18(9-12)10-21(11-18)15-5-4-13(20)7-14(15)19;1-19(2,18)10-6-4-3-5-9(10)16-11-8(13)7-15-12(14)17-11/h6-12,15,19H,13-14,16-17H2,1-5H3,(H,34,38)(H2,32,33,35,36);4-5,7,12H,6,8-11,20H2,1-3H3;3-7H,1-2H3,(H,15,16,17). The summed E-state index contributed by atoms with van der Waals surface area (Å²) in [5.41, 5.74) is 10.3. The highest BCUT2D eigenvalue weighted by molar-refractivity contribution is 7.70. The maximum absolute atomic E-state index is 12.7. The first-order valence-electron chi connectivity index (χ1n) is 27.1. The van der Waals surface area contributed by atoms with Gasteiger partial charge in [0.05, 0.1) is 45.2 Å². The fraction of sp³-hybridized carbons (Fsp3) is 0.424. The number of nitrogens with one attached hydrogen (secondary N) is 4. The first-order chi connectivity index (χ1) is 38.7. The molecule has 4 heterocycles. The summed E-state index contributed by atoms with van der Waals surface area (Å²) in [7, 11) is -4.92. The van der Waals surface area contributed by atoms with Gasteiger partial charge in [-0.1, -0.05) is 70.7 Å². The van der Waals surface area contributed by atoms with E-state index in [9.17, 15) is 18.7 Å². The Bertz CT molecular complexity index is 3450. The number of anilines is 9. The number of rotatable bonds is 13. The number of nitrogens with zero attached hydrogens (tertiary/aromatic N) is 6. The molecule has 4 aromatic carbocycles. The lowest BCUT2D eigenvalue weighted by molar-refractivity contribution is -0.158. The molecule has 2 spiro atoms. The molecular formula is C59H72Cl5N11O6P2. The number of para-hydroxylation sites is 2. The molecule has 444 valence electrons. The minimum atomic E-state index is -2.52. The second kappa shape index (κ2) is 25.2. The van der Waals surface area contributed by atoms with Gasteiger partial charge in [0.1, 0.15) is 35.5 Å². The van der Waals surface area contributed by atoms with Gasteiger partial charge in [-0.3, -0.25) is 4.79 Å². The quantitative estimate of drug-likeness (QED) is 0.0314. The highest BCUT2D eigenvalue weighted by Crippen LogP contribution is 2.55. The largest absolute Gasteiger partial charge is 0.460 e. The highest BCUT2D eigenvalue weighted by Gasteiger charge is 2.54. The number of esters is 1. The van der Waals surface area contributed by atoms with Gasteiger partial charge in [-0.2, -0.15) is 9.97 Å². The van der Waals surface area contributed by atoms with Crippen LogP contribution in [0.25, 0.3) is 0 Å². The Labute approximate surface area is 511 Å². The fourth-order valence-electron chi connectivity index (χ4n) is 10.9. The summed E-state index contributed by atoms with van der Waals surface area (Å²) < 4.78 is 35.8. The number of nitrogen functional groups attached to an aromatic ring is 1. The zero-order valence-corrected chi connectivity index (χ0v) is 53.8. The average Bonchev–Trinajstić information content (AvgIpc) is 2.35. The number of alkyl carbamates (subject to hydrolysis) is 1. The first kappa shape index (κ1) is 63.5. The molecule has 1 amide bonds. The first-order valence-corrected chi connectivity index (χ1v) is 34.2. The topological polar surface area (TPSA) is 219 Å². The summed E-state index contributed by atoms with van der Waals surface area (Å²) in [6.07, 6.45) is 7.19. The minimum Gasteiger partial charge on any atom is -0.460 e. The van der Waals surface area contributed by atoms with Crippen molar-refractivity contribution in [3.05, 3.63) is 123 Å². The Balaban J connectivity index is 0.000000180. The molecular weight excluding hydrogens is 1200 g/mol. The predicted octanol–water partition coefficient (Wildman–Crippen LogP) is 14.7. The van der Waals surface area contributed by atoms with Crippen LogP contribution in [0.4, 0.5) is 56.5 Å². The molecule has 2 aliphatic heterocycles. The number of benzene rings is 4. The van der Waals surface area contributed by atoms with Crippen LogP contribution in [0.3, 0.4) is 0 Å². The van der Waals surface area contributed by atoms with Crippen molar-refractivity contribution < 1.29 is 28.2 Å². The van der Waals surface area contributed by atoms with Crippen molar-refractivity contribution >= 4 is 147 Å². The molecule has 4 fully saturated rings. The molecule has 2 aromatic heterocycles. The van der Waals surface area contributed by atoms with Gasteiger partial charge in [-0.05, 0) is 172 Å². The molecule has 6 aromatic rings. The van der Waals surface area contributed by atoms with E-state index in [1.807, 2.05) is 120 Å². The minimum absolute atomic E-state index is 0.0740. The van der Waals surface area contributed by atoms with E-state index in [0.29, 0.717) is 72.5 Å². The van der Waals surface area contributed by atoms with Crippen LogP contribution in [-0.2, 0) is 23.4 Å². The molecule has 2 saturated heterocycles. The van der Waals surface area contributed by atoms with Crippen LogP contribution in [0.15, 0.2) is 97.3 Å². The van der Waals surface area contributed by atoms with E-state index in [-0.39, 0.29) is 28.8 Å². The molecule has 0 atom stereocenters.